The topological polar surface area (TPSA) is 44.5 Å². The minimum Gasteiger partial charge on any atom is -0.495 e. The van der Waals surface area contributed by atoms with Gasteiger partial charge in [0.2, 0.25) is 0 Å². The maximum atomic E-state index is 6.31. The summed E-state index contributed by atoms with van der Waals surface area (Å²) in [5.74, 6) is 1.09. The first-order valence-corrected chi connectivity index (χ1v) is 6.77. The molecular weight excluding hydrogens is 297 g/mol. The van der Waals surface area contributed by atoms with Gasteiger partial charge in [-0.1, -0.05) is 35.3 Å². The summed E-state index contributed by atoms with van der Waals surface area (Å²) in [5, 5.41) is 1.03. The standard InChI is InChI=1S/C15H15Cl2NO2/c1-19-13-6-5-11(15(20-2)14(13)17)10-4-3-9(8-18)7-12(10)16/h3-7H,8,18H2,1-2H3. The van der Waals surface area contributed by atoms with Crippen LogP contribution in [0, 0.1) is 0 Å². The lowest BCUT2D eigenvalue weighted by molar-refractivity contribution is 0.396. The summed E-state index contributed by atoms with van der Waals surface area (Å²) >= 11 is 12.6. The Labute approximate surface area is 128 Å². The van der Waals surface area contributed by atoms with E-state index in [0.717, 1.165) is 16.7 Å². The number of methoxy groups -OCH3 is 2. The van der Waals surface area contributed by atoms with Crippen molar-refractivity contribution < 1.29 is 9.47 Å². The molecule has 0 spiro atoms. The van der Waals surface area contributed by atoms with E-state index >= 15 is 0 Å². The summed E-state index contributed by atoms with van der Waals surface area (Å²) in [4.78, 5) is 0. The summed E-state index contributed by atoms with van der Waals surface area (Å²) in [6, 6.07) is 9.33. The van der Waals surface area contributed by atoms with Crippen molar-refractivity contribution in [2.45, 2.75) is 6.54 Å². The molecule has 0 amide bonds. The SMILES string of the molecule is COc1ccc(-c2ccc(CN)cc2Cl)c(OC)c1Cl. The zero-order valence-corrected chi connectivity index (χ0v) is 12.8. The first-order valence-electron chi connectivity index (χ1n) is 6.01. The second kappa shape index (κ2) is 6.35. The fourth-order valence-corrected chi connectivity index (χ4v) is 2.64. The van der Waals surface area contributed by atoms with Crippen molar-refractivity contribution in [1.82, 2.24) is 0 Å². The van der Waals surface area contributed by atoms with Crippen LogP contribution in [-0.2, 0) is 6.54 Å². The molecule has 3 nitrogen and oxygen atoms in total. The van der Waals surface area contributed by atoms with Gasteiger partial charge in [-0.15, -0.1) is 0 Å². The molecule has 0 aliphatic heterocycles. The predicted octanol–water partition coefficient (Wildman–Crippen LogP) is 4.14. The molecule has 5 heteroatoms. The van der Waals surface area contributed by atoms with Gasteiger partial charge in [-0.3, -0.25) is 0 Å². The van der Waals surface area contributed by atoms with Crippen molar-refractivity contribution in [1.29, 1.82) is 0 Å². The van der Waals surface area contributed by atoms with E-state index in [1.807, 2.05) is 24.3 Å². The molecule has 2 aromatic rings. The molecule has 0 unspecified atom stereocenters. The first kappa shape index (κ1) is 15.0. The molecule has 0 aromatic heterocycles. The maximum Gasteiger partial charge on any atom is 0.149 e. The number of benzene rings is 2. The number of hydrogen-bond acceptors (Lipinski definition) is 3. The molecule has 0 fully saturated rings. The average Bonchev–Trinajstić information content (AvgIpc) is 2.46. The third-order valence-electron chi connectivity index (χ3n) is 3.05. The van der Waals surface area contributed by atoms with Crippen molar-refractivity contribution in [3.8, 4) is 22.6 Å². The van der Waals surface area contributed by atoms with E-state index in [4.69, 9.17) is 38.4 Å². The normalized spacial score (nSPS) is 10.4. The molecule has 2 aromatic carbocycles. The van der Waals surface area contributed by atoms with Gasteiger partial charge in [-0.05, 0) is 23.8 Å². The Balaban J connectivity index is 2.61. The molecule has 2 rings (SSSR count). The molecule has 0 radical (unpaired) electrons. The summed E-state index contributed by atoms with van der Waals surface area (Å²) in [6.45, 7) is 0.445. The van der Waals surface area contributed by atoms with Crippen molar-refractivity contribution >= 4 is 23.2 Å². The Morgan fingerprint density at radius 1 is 1.00 bits per heavy atom. The van der Waals surface area contributed by atoms with Crippen LogP contribution in [0.15, 0.2) is 30.3 Å². The van der Waals surface area contributed by atoms with Gasteiger partial charge in [-0.2, -0.15) is 0 Å². The quantitative estimate of drug-likeness (QED) is 0.923. The molecular formula is C15H15Cl2NO2. The van der Waals surface area contributed by atoms with Crippen LogP contribution in [0.25, 0.3) is 11.1 Å². The summed E-state index contributed by atoms with van der Waals surface area (Å²) in [5.41, 5.74) is 8.22. The molecule has 0 atom stereocenters. The molecule has 0 saturated heterocycles. The van der Waals surface area contributed by atoms with E-state index in [9.17, 15) is 0 Å². The first-order chi connectivity index (χ1) is 9.62. The Kier molecular flexibility index (Phi) is 4.76. The van der Waals surface area contributed by atoms with Gasteiger partial charge in [0, 0.05) is 22.7 Å². The van der Waals surface area contributed by atoms with Crippen molar-refractivity contribution in [3.05, 3.63) is 45.9 Å². The van der Waals surface area contributed by atoms with Crippen LogP contribution in [-0.4, -0.2) is 14.2 Å². The van der Waals surface area contributed by atoms with Crippen molar-refractivity contribution in [2.75, 3.05) is 14.2 Å². The smallest absolute Gasteiger partial charge is 0.149 e. The van der Waals surface area contributed by atoms with Crippen LogP contribution in [0.4, 0.5) is 0 Å². The van der Waals surface area contributed by atoms with Crippen LogP contribution < -0.4 is 15.2 Å². The molecule has 20 heavy (non-hydrogen) atoms. The van der Waals surface area contributed by atoms with Gasteiger partial charge in [0.05, 0.1) is 14.2 Å². The van der Waals surface area contributed by atoms with E-state index in [1.165, 1.54) is 0 Å². The van der Waals surface area contributed by atoms with Gasteiger partial charge >= 0.3 is 0 Å². The molecule has 0 saturated carbocycles. The number of ether oxygens (including phenoxy) is 2. The fraction of sp³-hybridized carbons (Fsp3) is 0.200. The van der Waals surface area contributed by atoms with Gasteiger partial charge < -0.3 is 15.2 Å². The van der Waals surface area contributed by atoms with E-state index in [-0.39, 0.29) is 0 Å². The largest absolute Gasteiger partial charge is 0.495 e. The minimum atomic E-state index is 0.423. The zero-order valence-electron chi connectivity index (χ0n) is 11.2. The van der Waals surface area contributed by atoms with E-state index in [2.05, 4.69) is 0 Å². The molecule has 106 valence electrons. The van der Waals surface area contributed by atoms with E-state index in [1.54, 1.807) is 20.3 Å². The van der Waals surface area contributed by atoms with Crippen LogP contribution >= 0.6 is 23.2 Å². The third-order valence-corrected chi connectivity index (χ3v) is 3.72. The monoisotopic (exact) mass is 311 g/mol. The van der Waals surface area contributed by atoms with Crippen LogP contribution in [0.1, 0.15) is 5.56 Å². The van der Waals surface area contributed by atoms with Gasteiger partial charge in [-0.25, -0.2) is 0 Å². The second-order valence-electron chi connectivity index (χ2n) is 4.18. The van der Waals surface area contributed by atoms with Crippen LogP contribution in [0.3, 0.4) is 0 Å². The minimum absolute atomic E-state index is 0.423. The highest BCUT2D eigenvalue weighted by Gasteiger charge is 2.16. The number of rotatable bonds is 4. The Hall–Kier alpha value is -1.42. The molecule has 2 N–H and O–H groups in total. The third kappa shape index (κ3) is 2.70. The van der Waals surface area contributed by atoms with Crippen molar-refractivity contribution in [3.63, 3.8) is 0 Å². The highest BCUT2D eigenvalue weighted by Crippen LogP contribution is 2.43. The summed E-state index contributed by atoms with van der Waals surface area (Å²) < 4.78 is 10.6. The van der Waals surface area contributed by atoms with Gasteiger partial charge in [0.1, 0.15) is 16.5 Å². The highest BCUT2D eigenvalue weighted by atomic mass is 35.5. The van der Waals surface area contributed by atoms with Crippen molar-refractivity contribution in [2.24, 2.45) is 5.73 Å². The highest BCUT2D eigenvalue weighted by molar-refractivity contribution is 6.35. The van der Waals surface area contributed by atoms with Gasteiger partial charge in [0.15, 0.2) is 0 Å². The second-order valence-corrected chi connectivity index (χ2v) is 4.97. The fourth-order valence-electron chi connectivity index (χ4n) is 2.01. The van der Waals surface area contributed by atoms with Crippen LogP contribution in [0.5, 0.6) is 11.5 Å². The molecule has 0 heterocycles. The number of halogens is 2. The predicted molar refractivity (Wildman–Crippen MR) is 82.9 cm³/mol. The van der Waals surface area contributed by atoms with Crippen LogP contribution in [0.2, 0.25) is 10.0 Å². The van der Waals surface area contributed by atoms with E-state index < -0.39 is 0 Å². The van der Waals surface area contributed by atoms with E-state index in [0.29, 0.717) is 28.1 Å². The van der Waals surface area contributed by atoms with Gasteiger partial charge in [0.25, 0.3) is 0 Å². The summed E-state index contributed by atoms with van der Waals surface area (Å²) in [7, 11) is 3.12. The Morgan fingerprint density at radius 2 is 1.70 bits per heavy atom. The molecule has 0 aliphatic carbocycles. The Morgan fingerprint density at radius 3 is 2.25 bits per heavy atom. The Bertz CT molecular complexity index is 630. The lowest BCUT2D eigenvalue weighted by Crippen LogP contribution is -1.97. The number of hydrogen-bond donors (Lipinski definition) is 1. The molecule has 0 aliphatic rings. The lowest BCUT2D eigenvalue weighted by atomic mass is 10.0. The summed E-state index contributed by atoms with van der Waals surface area (Å²) in [6.07, 6.45) is 0. The maximum absolute atomic E-state index is 6.31. The average molecular weight is 312 g/mol. The molecule has 0 bridgehead atoms. The zero-order chi connectivity index (χ0) is 14.7. The number of nitrogens with two attached hydrogens (primary N) is 1. The lowest BCUT2D eigenvalue weighted by Gasteiger charge is -2.14.